The summed E-state index contributed by atoms with van der Waals surface area (Å²) in [5.74, 6) is 0.283. The molecule has 0 atom stereocenters. The summed E-state index contributed by atoms with van der Waals surface area (Å²) >= 11 is 5.98. The van der Waals surface area contributed by atoms with Gasteiger partial charge in [-0.3, -0.25) is 4.79 Å². The second-order valence-electron chi connectivity index (χ2n) is 7.19. The van der Waals surface area contributed by atoms with E-state index in [9.17, 15) is 18.0 Å². The minimum atomic E-state index is -4.78. The highest BCUT2D eigenvalue weighted by molar-refractivity contribution is 6.31. The number of alkyl halides is 3. The van der Waals surface area contributed by atoms with Crippen LogP contribution in [0.2, 0.25) is 5.02 Å². The highest BCUT2D eigenvalue weighted by Crippen LogP contribution is 2.36. The highest BCUT2D eigenvalue weighted by atomic mass is 35.5. The number of carbonyl (C=O) groups excluding carboxylic acids is 1. The van der Waals surface area contributed by atoms with Crippen LogP contribution in [0.25, 0.3) is 16.9 Å². The van der Waals surface area contributed by atoms with Gasteiger partial charge in [0.05, 0.1) is 32.7 Å². The zero-order valence-electron chi connectivity index (χ0n) is 18.6. The molecule has 8 nitrogen and oxygen atoms in total. The van der Waals surface area contributed by atoms with Crippen molar-refractivity contribution in [1.82, 2.24) is 14.6 Å². The fourth-order valence-electron chi connectivity index (χ4n) is 3.40. The maximum Gasteiger partial charge on any atom is 0.433 e. The van der Waals surface area contributed by atoms with Crippen LogP contribution in [0.15, 0.2) is 48.5 Å². The molecule has 0 spiro atoms. The van der Waals surface area contributed by atoms with E-state index in [1.54, 1.807) is 24.3 Å². The van der Waals surface area contributed by atoms with Crippen molar-refractivity contribution in [2.24, 2.45) is 0 Å². The maximum absolute atomic E-state index is 13.9. The van der Waals surface area contributed by atoms with Crippen molar-refractivity contribution in [3.63, 3.8) is 0 Å². The van der Waals surface area contributed by atoms with E-state index < -0.39 is 17.8 Å². The van der Waals surface area contributed by atoms with Crippen LogP contribution in [0.1, 0.15) is 16.2 Å². The molecule has 1 N–H and O–H groups in total. The molecule has 2 heterocycles. The van der Waals surface area contributed by atoms with Gasteiger partial charge in [0.15, 0.2) is 28.5 Å². The molecule has 0 bridgehead atoms. The van der Waals surface area contributed by atoms with Crippen molar-refractivity contribution in [1.29, 1.82) is 0 Å². The fraction of sp³-hybridized carbons (Fsp3) is 0.174. The van der Waals surface area contributed by atoms with E-state index in [1.165, 1.54) is 33.5 Å². The van der Waals surface area contributed by atoms with Crippen LogP contribution in [0, 0.1) is 0 Å². The SMILES string of the molecule is COc1ccc(Cl)cc1NC(=O)c1cc2nc(-c3ccc(OC)c(OC)c3)cc(C(F)(F)F)n2n1. The number of nitrogens with zero attached hydrogens (tertiary/aromatic N) is 3. The molecule has 0 radical (unpaired) electrons. The summed E-state index contributed by atoms with van der Waals surface area (Å²) in [5, 5.41) is 6.73. The number of anilines is 1. The molecule has 35 heavy (non-hydrogen) atoms. The van der Waals surface area contributed by atoms with E-state index >= 15 is 0 Å². The summed E-state index contributed by atoms with van der Waals surface area (Å²) in [7, 11) is 4.26. The first-order valence-corrected chi connectivity index (χ1v) is 10.4. The number of benzene rings is 2. The molecule has 2 aromatic carbocycles. The minimum absolute atomic E-state index is 0.00847. The Morgan fingerprint density at radius 1 is 0.943 bits per heavy atom. The second kappa shape index (κ2) is 9.34. The number of aromatic nitrogens is 3. The van der Waals surface area contributed by atoms with Crippen molar-refractivity contribution in [2.75, 3.05) is 26.6 Å². The van der Waals surface area contributed by atoms with Crippen LogP contribution in [-0.4, -0.2) is 41.8 Å². The van der Waals surface area contributed by atoms with Crippen molar-refractivity contribution in [3.8, 4) is 28.5 Å². The number of hydrogen-bond donors (Lipinski definition) is 1. The molecule has 0 aliphatic heterocycles. The first-order chi connectivity index (χ1) is 16.6. The number of hydrogen-bond acceptors (Lipinski definition) is 6. The van der Waals surface area contributed by atoms with Crippen molar-refractivity contribution in [2.45, 2.75) is 6.18 Å². The van der Waals surface area contributed by atoms with Crippen LogP contribution < -0.4 is 19.5 Å². The number of methoxy groups -OCH3 is 3. The van der Waals surface area contributed by atoms with E-state index in [1.807, 2.05) is 0 Å². The summed E-state index contributed by atoms with van der Waals surface area (Å²) in [5.41, 5.74) is -0.966. The normalized spacial score (nSPS) is 11.4. The Kier molecular flexibility index (Phi) is 6.44. The lowest BCUT2D eigenvalue weighted by atomic mass is 10.1. The van der Waals surface area contributed by atoms with Crippen LogP contribution in [-0.2, 0) is 6.18 Å². The molecule has 0 aliphatic carbocycles. The third-order valence-corrected chi connectivity index (χ3v) is 5.27. The lowest BCUT2D eigenvalue weighted by molar-refractivity contribution is -0.142. The van der Waals surface area contributed by atoms with Gasteiger partial charge >= 0.3 is 6.18 Å². The van der Waals surface area contributed by atoms with Gasteiger partial charge in [-0.25, -0.2) is 9.50 Å². The Bertz CT molecular complexity index is 1420. The highest BCUT2D eigenvalue weighted by Gasteiger charge is 2.36. The predicted molar refractivity (Wildman–Crippen MR) is 122 cm³/mol. The molecule has 0 unspecified atom stereocenters. The van der Waals surface area contributed by atoms with Crippen LogP contribution >= 0.6 is 11.6 Å². The molecule has 12 heteroatoms. The largest absolute Gasteiger partial charge is 0.495 e. The Hall–Kier alpha value is -3.99. The minimum Gasteiger partial charge on any atom is -0.495 e. The number of nitrogens with one attached hydrogen (secondary N) is 1. The number of amides is 1. The van der Waals surface area contributed by atoms with Gasteiger partial charge in [-0.1, -0.05) is 11.6 Å². The number of halogens is 4. The second-order valence-corrected chi connectivity index (χ2v) is 7.63. The monoisotopic (exact) mass is 506 g/mol. The van der Waals surface area contributed by atoms with Crippen molar-refractivity contribution >= 4 is 28.8 Å². The molecule has 4 rings (SSSR count). The summed E-state index contributed by atoms with van der Waals surface area (Å²) < 4.78 is 57.9. The van der Waals surface area contributed by atoms with Crippen LogP contribution in [0.5, 0.6) is 17.2 Å². The fourth-order valence-corrected chi connectivity index (χ4v) is 3.57. The van der Waals surface area contributed by atoms with Gasteiger partial charge in [0.25, 0.3) is 5.91 Å². The van der Waals surface area contributed by atoms with E-state index in [4.69, 9.17) is 25.8 Å². The average Bonchev–Trinajstić information content (AvgIpc) is 3.27. The summed E-state index contributed by atoms with van der Waals surface area (Å²) in [4.78, 5) is 17.1. The number of carbonyl (C=O) groups is 1. The zero-order chi connectivity index (χ0) is 25.3. The van der Waals surface area contributed by atoms with E-state index in [0.29, 0.717) is 32.4 Å². The summed E-state index contributed by atoms with van der Waals surface area (Å²) in [6.45, 7) is 0. The first-order valence-electron chi connectivity index (χ1n) is 10.00. The molecule has 0 saturated heterocycles. The lowest BCUT2D eigenvalue weighted by Gasteiger charge is -2.12. The van der Waals surface area contributed by atoms with Crippen molar-refractivity contribution < 1.29 is 32.2 Å². The summed E-state index contributed by atoms with van der Waals surface area (Å²) in [6.07, 6.45) is -4.78. The smallest absolute Gasteiger partial charge is 0.433 e. The Balaban J connectivity index is 1.79. The van der Waals surface area contributed by atoms with Gasteiger partial charge in [0, 0.05) is 16.7 Å². The van der Waals surface area contributed by atoms with Crippen molar-refractivity contribution in [3.05, 3.63) is 64.9 Å². The standard InChI is InChI=1S/C23H18ClF3N4O4/c1-33-17-7-5-13(24)9-15(17)29-22(32)16-11-21-28-14(10-20(23(25,26)27)31(21)30-16)12-4-6-18(34-2)19(8-12)35-3/h4-11H,1-3H3,(H,29,32). The molecule has 1 amide bonds. The third-order valence-electron chi connectivity index (χ3n) is 5.04. The van der Waals surface area contributed by atoms with Gasteiger partial charge in [0.1, 0.15) is 5.75 Å². The number of ether oxygens (including phenoxy) is 3. The van der Waals surface area contributed by atoms with Gasteiger partial charge < -0.3 is 19.5 Å². The van der Waals surface area contributed by atoms with Gasteiger partial charge in [0.2, 0.25) is 0 Å². The molecular weight excluding hydrogens is 489 g/mol. The van der Waals surface area contributed by atoms with Gasteiger partial charge in [-0.15, -0.1) is 0 Å². The molecule has 0 aliphatic rings. The van der Waals surface area contributed by atoms with E-state index in [0.717, 1.165) is 12.1 Å². The zero-order valence-corrected chi connectivity index (χ0v) is 19.4. The Morgan fingerprint density at radius 3 is 2.29 bits per heavy atom. The Morgan fingerprint density at radius 2 is 1.63 bits per heavy atom. The van der Waals surface area contributed by atoms with Crippen LogP contribution in [0.4, 0.5) is 18.9 Å². The third kappa shape index (κ3) is 4.80. The topological polar surface area (TPSA) is 87.0 Å². The first kappa shape index (κ1) is 24.1. The molecular formula is C23H18ClF3N4O4. The maximum atomic E-state index is 13.9. The average molecular weight is 507 g/mol. The summed E-state index contributed by atoms with van der Waals surface area (Å²) in [6, 6.07) is 11.2. The molecule has 182 valence electrons. The van der Waals surface area contributed by atoms with E-state index in [2.05, 4.69) is 15.4 Å². The van der Waals surface area contributed by atoms with Crippen LogP contribution in [0.3, 0.4) is 0 Å². The molecule has 0 fully saturated rings. The molecule has 0 saturated carbocycles. The quantitative estimate of drug-likeness (QED) is 0.379. The molecule has 4 aromatic rings. The Labute approximate surface area is 202 Å². The van der Waals surface area contributed by atoms with Gasteiger partial charge in [-0.2, -0.15) is 18.3 Å². The lowest BCUT2D eigenvalue weighted by Crippen LogP contribution is -2.16. The predicted octanol–water partition coefficient (Wildman–Crippen LogP) is 5.35. The number of rotatable bonds is 6. The number of fused-ring (bicyclic) bond motifs is 1. The molecule has 2 aromatic heterocycles. The van der Waals surface area contributed by atoms with Gasteiger partial charge in [-0.05, 0) is 42.5 Å². The van der Waals surface area contributed by atoms with E-state index in [-0.39, 0.29) is 22.7 Å².